The lowest BCUT2D eigenvalue weighted by atomic mass is 9.83. The SMILES string of the molecule is C=CC(C)(CNCC(C)C)Cc1ccc(Cl)c(Cl)c1. The van der Waals surface area contributed by atoms with Crippen LogP contribution in [0.3, 0.4) is 0 Å². The van der Waals surface area contributed by atoms with E-state index >= 15 is 0 Å². The van der Waals surface area contributed by atoms with Gasteiger partial charge in [0, 0.05) is 12.0 Å². The van der Waals surface area contributed by atoms with Crippen LogP contribution in [0.2, 0.25) is 10.0 Å². The van der Waals surface area contributed by atoms with Gasteiger partial charge in [-0.25, -0.2) is 0 Å². The summed E-state index contributed by atoms with van der Waals surface area (Å²) in [5.74, 6) is 0.652. The van der Waals surface area contributed by atoms with Gasteiger partial charge in [-0.1, -0.05) is 56.1 Å². The lowest BCUT2D eigenvalue weighted by Crippen LogP contribution is -2.34. The van der Waals surface area contributed by atoms with E-state index in [0.717, 1.165) is 19.5 Å². The summed E-state index contributed by atoms with van der Waals surface area (Å²) in [5.41, 5.74) is 1.20. The summed E-state index contributed by atoms with van der Waals surface area (Å²) in [5, 5.41) is 4.70. The first-order chi connectivity index (χ1) is 8.86. The quantitative estimate of drug-likeness (QED) is 0.701. The third-order valence-electron chi connectivity index (χ3n) is 3.17. The van der Waals surface area contributed by atoms with Gasteiger partial charge in [-0.3, -0.25) is 0 Å². The first-order valence-electron chi connectivity index (χ1n) is 6.64. The second kappa shape index (κ2) is 7.33. The predicted molar refractivity (Wildman–Crippen MR) is 86.2 cm³/mol. The van der Waals surface area contributed by atoms with Crippen molar-refractivity contribution in [2.45, 2.75) is 27.2 Å². The summed E-state index contributed by atoms with van der Waals surface area (Å²) in [6.45, 7) is 12.5. The van der Waals surface area contributed by atoms with E-state index in [4.69, 9.17) is 23.2 Å². The molecule has 1 N–H and O–H groups in total. The minimum Gasteiger partial charge on any atom is -0.316 e. The Bertz CT molecular complexity index is 429. The van der Waals surface area contributed by atoms with Crippen molar-refractivity contribution in [3.05, 3.63) is 46.5 Å². The molecule has 0 aromatic heterocycles. The Balaban J connectivity index is 2.68. The molecule has 0 fully saturated rings. The van der Waals surface area contributed by atoms with Crippen LogP contribution >= 0.6 is 23.2 Å². The fourth-order valence-electron chi connectivity index (χ4n) is 1.97. The molecule has 1 atom stereocenters. The molecule has 0 amide bonds. The molecule has 0 saturated heterocycles. The predicted octanol–water partition coefficient (Wildman–Crippen LogP) is 4.97. The lowest BCUT2D eigenvalue weighted by Gasteiger charge is -2.27. The first kappa shape index (κ1) is 16.6. The van der Waals surface area contributed by atoms with E-state index < -0.39 is 0 Å². The van der Waals surface area contributed by atoms with E-state index in [1.807, 2.05) is 24.3 Å². The van der Waals surface area contributed by atoms with Crippen molar-refractivity contribution < 1.29 is 0 Å². The zero-order valence-corrected chi connectivity index (χ0v) is 13.5. The first-order valence-corrected chi connectivity index (χ1v) is 7.40. The van der Waals surface area contributed by atoms with Crippen molar-refractivity contribution >= 4 is 23.2 Å². The van der Waals surface area contributed by atoms with Gasteiger partial charge in [0.1, 0.15) is 0 Å². The van der Waals surface area contributed by atoms with Crippen LogP contribution in [0.25, 0.3) is 0 Å². The minimum atomic E-state index is 0.0199. The topological polar surface area (TPSA) is 12.0 Å². The summed E-state index contributed by atoms with van der Waals surface area (Å²) in [7, 11) is 0. The molecule has 0 radical (unpaired) electrons. The zero-order valence-electron chi connectivity index (χ0n) is 12.0. The second-order valence-corrected chi connectivity index (χ2v) is 6.62. The van der Waals surface area contributed by atoms with Crippen molar-refractivity contribution in [1.29, 1.82) is 0 Å². The third-order valence-corrected chi connectivity index (χ3v) is 3.91. The summed E-state index contributed by atoms with van der Waals surface area (Å²) in [6, 6.07) is 5.82. The molecule has 3 heteroatoms. The van der Waals surface area contributed by atoms with Gasteiger partial charge < -0.3 is 5.32 Å². The highest BCUT2D eigenvalue weighted by Gasteiger charge is 2.21. The Morgan fingerprint density at radius 2 is 2.00 bits per heavy atom. The average molecular weight is 300 g/mol. The summed E-state index contributed by atoms with van der Waals surface area (Å²) < 4.78 is 0. The Morgan fingerprint density at radius 1 is 1.32 bits per heavy atom. The maximum atomic E-state index is 6.06. The van der Waals surface area contributed by atoms with Crippen LogP contribution in [0, 0.1) is 11.3 Å². The van der Waals surface area contributed by atoms with E-state index in [0.29, 0.717) is 16.0 Å². The van der Waals surface area contributed by atoms with Crippen molar-refractivity contribution in [3.63, 3.8) is 0 Å². The number of rotatable bonds is 7. The molecule has 0 saturated carbocycles. The molecule has 1 nitrogen and oxygen atoms in total. The van der Waals surface area contributed by atoms with Crippen LogP contribution < -0.4 is 5.32 Å². The number of nitrogens with one attached hydrogen (secondary N) is 1. The summed E-state index contributed by atoms with van der Waals surface area (Å²) >= 11 is 12.0. The summed E-state index contributed by atoms with van der Waals surface area (Å²) in [6.07, 6.45) is 2.92. The molecule has 0 spiro atoms. The molecular formula is C16H23Cl2N. The Morgan fingerprint density at radius 3 is 2.53 bits per heavy atom. The van der Waals surface area contributed by atoms with Crippen molar-refractivity contribution in [1.82, 2.24) is 5.32 Å². The second-order valence-electron chi connectivity index (χ2n) is 5.81. The normalized spacial score (nSPS) is 14.4. The highest BCUT2D eigenvalue weighted by molar-refractivity contribution is 6.42. The molecular weight excluding hydrogens is 277 g/mol. The van der Waals surface area contributed by atoms with E-state index in [1.54, 1.807) is 0 Å². The van der Waals surface area contributed by atoms with Gasteiger partial charge in [-0.15, -0.1) is 6.58 Å². The molecule has 19 heavy (non-hydrogen) atoms. The van der Waals surface area contributed by atoms with Gasteiger partial charge >= 0.3 is 0 Å². The van der Waals surface area contributed by atoms with Gasteiger partial charge in [0.2, 0.25) is 0 Å². The van der Waals surface area contributed by atoms with Crippen molar-refractivity contribution in [2.24, 2.45) is 11.3 Å². The van der Waals surface area contributed by atoms with Gasteiger partial charge in [-0.2, -0.15) is 0 Å². The highest BCUT2D eigenvalue weighted by atomic mass is 35.5. The van der Waals surface area contributed by atoms with Gasteiger partial charge in [0.05, 0.1) is 10.0 Å². The van der Waals surface area contributed by atoms with Crippen LogP contribution in [0.15, 0.2) is 30.9 Å². The number of benzene rings is 1. The molecule has 106 valence electrons. The molecule has 1 rings (SSSR count). The maximum absolute atomic E-state index is 6.06. The van der Waals surface area contributed by atoms with Crippen LogP contribution in [-0.4, -0.2) is 13.1 Å². The molecule has 0 aliphatic heterocycles. The molecule has 1 aromatic rings. The molecule has 0 heterocycles. The van der Waals surface area contributed by atoms with Crippen molar-refractivity contribution in [3.8, 4) is 0 Å². The lowest BCUT2D eigenvalue weighted by molar-refractivity contribution is 0.378. The third kappa shape index (κ3) is 5.56. The fourth-order valence-corrected chi connectivity index (χ4v) is 2.29. The number of halogens is 2. The standard InChI is InChI=1S/C16H23Cl2N/c1-5-16(4,11-19-10-12(2)3)9-13-6-7-14(17)15(18)8-13/h5-8,12,19H,1,9-11H2,2-4H3. The van der Waals surface area contributed by atoms with Crippen molar-refractivity contribution in [2.75, 3.05) is 13.1 Å². The molecule has 0 aliphatic rings. The van der Waals surface area contributed by atoms with E-state index in [1.165, 1.54) is 5.56 Å². The highest BCUT2D eigenvalue weighted by Crippen LogP contribution is 2.28. The fraction of sp³-hybridized carbons (Fsp3) is 0.500. The average Bonchev–Trinajstić information content (AvgIpc) is 2.33. The largest absolute Gasteiger partial charge is 0.316 e. The smallest absolute Gasteiger partial charge is 0.0595 e. The zero-order chi connectivity index (χ0) is 14.5. The maximum Gasteiger partial charge on any atom is 0.0595 e. The van der Waals surface area contributed by atoms with Gasteiger partial charge in [-0.05, 0) is 36.6 Å². The van der Waals surface area contributed by atoms with Crippen LogP contribution in [-0.2, 0) is 6.42 Å². The minimum absolute atomic E-state index is 0.0199. The Hall–Kier alpha value is -0.500. The monoisotopic (exact) mass is 299 g/mol. The number of hydrogen-bond donors (Lipinski definition) is 1. The van der Waals surface area contributed by atoms with E-state index in [-0.39, 0.29) is 5.41 Å². The van der Waals surface area contributed by atoms with E-state index in [9.17, 15) is 0 Å². The molecule has 1 aromatic carbocycles. The van der Waals surface area contributed by atoms with Crippen LogP contribution in [0.1, 0.15) is 26.3 Å². The van der Waals surface area contributed by atoms with Gasteiger partial charge in [0.25, 0.3) is 0 Å². The summed E-state index contributed by atoms with van der Waals surface area (Å²) in [4.78, 5) is 0. The molecule has 0 bridgehead atoms. The Kier molecular flexibility index (Phi) is 6.38. The van der Waals surface area contributed by atoms with Gasteiger partial charge in [0.15, 0.2) is 0 Å². The number of hydrogen-bond acceptors (Lipinski definition) is 1. The van der Waals surface area contributed by atoms with Crippen LogP contribution in [0.4, 0.5) is 0 Å². The molecule has 0 aliphatic carbocycles. The van der Waals surface area contributed by atoms with E-state index in [2.05, 4.69) is 32.7 Å². The molecule has 1 unspecified atom stereocenters. The Labute approximate surface area is 127 Å². The van der Waals surface area contributed by atoms with Crippen LogP contribution in [0.5, 0.6) is 0 Å².